The topological polar surface area (TPSA) is 66.4 Å². The average Bonchev–Trinajstić information content (AvgIpc) is 2.72. The van der Waals surface area contributed by atoms with Crippen molar-refractivity contribution >= 4 is 15.8 Å². The number of aromatic nitrogens is 2. The largest absolute Gasteiger partial charge is 0.416 e. The number of aryl methyl sites for hydroxylation is 1. The van der Waals surface area contributed by atoms with E-state index in [1.54, 1.807) is 6.07 Å². The SMILES string of the molecule is CCc1nc(C(C)C)nc(N2CCN(S(C)(=O)=O)CC2)c1Cc1cccc(C(F)(F)F)c1. The fraction of sp³-hybridized carbons (Fsp3) is 0.545. The molecule has 0 aliphatic carbocycles. The van der Waals surface area contributed by atoms with Crippen LogP contribution in [0.1, 0.15) is 54.9 Å². The second-order valence-electron chi connectivity index (χ2n) is 8.36. The van der Waals surface area contributed by atoms with Gasteiger partial charge in [0.1, 0.15) is 11.6 Å². The molecule has 1 saturated heterocycles. The van der Waals surface area contributed by atoms with Gasteiger partial charge in [0.05, 0.1) is 11.8 Å². The zero-order chi connectivity index (χ0) is 23.7. The van der Waals surface area contributed by atoms with Gasteiger partial charge in [-0.1, -0.05) is 39.0 Å². The highest BCUT2D eigenvalue weighted by Crippen LogP contribution is 2.32. The fourth-order valence-corrected chi connectivity index (χ4v) is 4.65. The first kappa shape index (κ1) is 24.4. The average molecular weight is 471 g/mol. The van der Waals surface area contributed by atoms with Crippen molar-refractivity contribution in [3.05, 3.63) is 52.5 Å². The van der Waals surface area contributed by atoms with Crippen LogP contribution in [-0.4, -0.2) is 55.1 Å². The first-order valence-electron chi connectivity index (χ1n) is 10.7. The molecule has 0 N–H and O–H groups in total. The molecule has 176 valence electrons. The lowest BCUT2D eigenvalue weighted by Gasteiger charge is -2.35. The monoisotopic (exact) mass is 470 g/mol. The molecular formula is C22H29F3N4O2S. The zero-order valence-electron chi connectivity index (χ0n) is 18.8. The number of hydrogen-bond donors (Lipinski definition) is 0. The molecule has 1 aliphatic rings. The molecule has 0 amide bonds. The van der Waals surface area contributed by atoms with Crippen LogP contribution in [0.15, 0.2) is 24.3 Å². The maximum atomic E-state index is 13.2. The highest BCUT2D eigenvalue weighted by atomic mass is 32.2. The summed E-state index contributed by atoms with van der Waals surface area (Å²) in [5.74, 6) is 1.44. The summed E-state index contributed by atoms with van der Waals surface area (Å²) in [4.78, 5) is 11.5. The van der Waals surface area contributed by atoms with Crippen molar-refractivity contribution in [1.29, 1.82) is 0 Å². The van der Waals surface area contributed by atoms with Crippen molar-refractivity contribution in [2.45, 2.75) is 45.7 Å². The predicted molar refractivity (Wildman–Crippen MR) is 118 cm³/mol. The minimum absolute atomic E-state index is 0.0824. The number of alkyl halides is 3. The Labute approximate surface area is 187 Å². The van der Waals surface area contributed by atoms with Gasteiger partial charge in [-0.3, -0.25) is 0 Å². The lowest BCUT2D eigenvalue weighted by Crippen LogP contribution is -2.49. The van der Waals surface area contributed by atoms with Crippen molar-refractivity contribution < 1.29 is 21.6 Å². The van der Waals surface area contributed by atoms with E-state index in [0.717, 1.165) is 17.3 Å². The Bertz CT molecular complexity index is 1060. The van der Waals surface area contributed by atoms with Crippen LogP contribution in [0, 0.1) is 0 Å². The summed E-state index contributed by atoms with van der Waals surface area (Å²) in [5, 5.41) is 0. The van der Waals surface area contributed by atoms with Gasteiger partial charge in [-0.05, 0) is 18.1 Å². The molecule has 1 fully saturated rings. The molecule has 2 aromatic rings. The molecule has 1 aliphatic heterocycles. The van der Waals surface area contributed by atoms with E-state index in [9.17, 15) is 21.6 Å². The number of nitrogens with zero attached hydrogens (tertiary/aromatic N) is 4. The molecule has 0 radical (unpaired) electrons. The van der Waals surface area contributed by atoms with E-state index < -0.39 is 21.8 Å². The third-order valence-electron chi connectivity index (χ3n) is 5.58. The summed E-state index contributed by atoms with van der Waals surface area (Å²) in [5.41, 5.74) is 1.45. The van der Waals surface area contributed by atoms with Gasteiger partial charge < -0.3 is 4.90 Å². The molecule has 3 rings (SSSR count). The third kappa shape index (κ3) is 5.58. The summed E-state index contributed by atoms with van der Waals surface area (Å²) < 4.78 is 64.8. The Morgan fingerprint density at radius 3 is 2.28 bits per heavy atom. The number of hydrogen-bond acceptors (Lipinski definition) is 5. The number of rotatable bonds is 6. The van der Waals surface area contributed by atoms with E-state index in [-0.39, 0.29) is 12.3 Å². The number of piperazine rings is 1. The van der Waals surface area contributed by atoms with E-state index in [0.29, 0.717) is 49.8 Å². The van der Waals surface area contributed by atoms with Gasteiger partial charge in [0.2, 0.25) is 10.0 Å². The van der Waals surface area contributed by atoms with E-state index in [1.807, 2.05) is 25.7 Å². The van der Waals surface area contributed by atoms with Crippen molar-refractivity contribution in [3.63, 3.8) is 0 Å². The van der Waals surface area contributed by atoms with Gasteiger partial charge in [-0.25, -0.2) is 18.4 Å². The number of anilines is 1. The van der Waals surface area contributed by atoms with Crippen LogP contribution in [0.5, 0.6) is 0 Å². The van der Waals surface area contributed by atoms with Crippen molar-refractivity contribution in [2.24, 2.45) is 0 Å². The molecular weight excluding hydrogens is 441 g/mol. The second-order valence-corrected chi connectivity index (χ2v) is 10.3. The molecule has 0 spiro atoms. The quantitative estimate of drug-likeness (QED) is 0.642. The first-order chi connectivity index (χ1) is 14.9. The molecule has 0 atom stereocenters. The molecule has 1 aromatic carbocycles. The Morgan fingerprint density at radius 2 is 1.75 bits per heavy atom. The van der Waals surface area contributed by atoms with Gasteiger partial charge in [-0.15, -0.1) is 0 Å². The maximum Gasteiger partial charge on any atom is 0.416 e. The Kier molecular flexibility index (Phi) is 7.14. The van der Waals surface area contributed by atoms with Crippen LogP contribution < -0.4 is 4.90 Å². The molecule has 2 heterocycles. The molecule has 32 heavy (non-hydrogen) atoms. The van der Waals surface area contributed by atoms with E-state index in [1.165, 1.54) is 22.7 Å². The van der Waals surface area contributed by atoms with Crippen LogP contribution >= 0.6 is 0 Å². The van der Waals surface area contributed by atoms with E-state index in [2.05, 4.69) is 0 Å². The molecule has 0 saturated carbocycles. The second kappa shape index (κ2) is 9.35. The summed E-state index contributed by atoms with van der Waals surface area (Å²) in [6.07, 6.45) is -2.33. The minimum Gasteiger partial charge on any atom is -0.354 e. The Morgan fingerprint density at radius 1 is 1.09 bits per heavy atom. The zero-order valence-corrected chi connectivity index (χ0v) is 19.6. The van der Waals surface area contributed by atoms with Crippen molar-refractivity contribution in [3.8, 4) is 0 Å². The summed E-state index contributed by atoms with van der Waals surface area (Å²) in [6.45, 7) is 7.54. The van der Waals surface area contributed by atoms with Gasteiger partial charge in [0.25, 0.3) is 0 Å². The minimum atomic E-state index is -4.41. The molecule has 1 aromatic heterocycles. The van der Waals surface area contributed by atoms with Gasteiger partial charge in [0.15, 0.2) is 0 Å². The molecule has 0 bridgehead atoms. The highest BCUT2D eigenvalue weighted by Gasteiger charge is 2.31. The summed E-state index contributed by atoms with van der Waals surface area (Å²) in [6, 6.07) is 5.32. The maximum absolute atomic E-state index is 13.2. The van der Waals surface area contributed by atoms with Crippen LogP contribution in [0.25, 0.3) is 0 Å². The molecule has 10 heteroatoms. The summed E-state index contributed by atoms with van der Waals surface area (Å²) >= 11 is 0. The van der Waals surface area contributed by atoms with Crippen molar-refractivity contribution in [2.75, 3.05) is 37.3 Å². The lowest BCUT2D eigenvalue weighted by atomic mass is 9.99. The van der Waals surface area contributed by atoms with E-state index in [4.69, 9.17) is 9.97 Å². The number of sulfonamides is 1. The Hall–Kier alpha value is -2.20. The van der Waals surface area contributed by atoms with Crippen molar-refractivity contribution in [1.82, 2.24) is 14.3 Å². The fourth-order valence-electron chi connectivity index (χ4n) is 3.82. The van der Waals surface area contributed by atoms with Crippen LogP contribution in [0.2, 0.25) is 0 Å². The smallest absolute Gasteiger partial charge is 0.354 e. The van der Waals surface area contributed by atoms with E-state index >= 15 is 0 Å². The Balaban J connectivity index is 2.02. The molecule has 0 unspecified atom stereocenters. The van der Waals surface area contributed by atoms with Gasteiger partial charge in [-0.2, -0.15) is 17.5 Å². The summed E-state index contributed by atoms with van der Waals surface area (Å²) in [7, 11) is -3.28. The predicted octanol–water partition coefficient (Wildman–Crippen LogP) is 3.85. The normalized spacial score (nSPS) is 16.1. The highest BCUT2D eigenvalue weighted by molar-refractivity contribution is 7.88. The van der Waals surface area contributed by atoms with Gasteiger partial charge >= 0.3 is 6.18 Å². The lowest BCUT2D eigenvalue weighted by molar-refractivity contribution is -0.137. The standard InChI is InChI=1S/C22H29F3N4O2S/c1-5-19-18(14-16-7-6-8-17(13-16)22(23,24)25)21(27-20(26-19)15(2)3)28-9-11-29(12-10-28)32(4,30)31/h6-8,13,15H,5,9-12,14H2,1-4H3. The number of benzene rings is 1. The van der Waals surface area contributed by atoms with Gasteiger partial charge in [0, 0.05) is 49.8 Å². The molecule has 6 nitrogen and oxygen atoms in total. The number of halogens is 3. The third-order valence-corrected chi connectivity index (χ3v) is 6.89. The first-order valence-corrected chi connectivity index (χ1v) is 12.5. The van der Waals surface area contributed by atoms with Crippen LogP contribution in [0.4, 0.5) is 19.0 Å². The van der Waals surface area contributed by atoms with Crippen LogP contribution in [-0.2, 0) is 29.0 Å². The van der Waals surface area contributed by atoms with Crippen LogP contribution in [0.3, 0.4) is 0 Å².